The van der Waals surface area contributed by atoms with Gasteiger partial charge >= 0.3 is 0 Å². The van der Waals surface area contributed by atoms with Crippen molar-refractivity contribution in [1.82, 2.24) is 4.90 Å². The predicted molar refractivity (Wildman–Crippen MR) is 112 cm³/mol. The zero-order chi connectivity index (χ0) is 22.4. The van der Waals surface area contributed by atoms with Crippen LogP contribution in [0.1, 0.15) is 27.7 Å². The lowest BCUT2D eigenvalue weighted by Gasteiger charge is -2.31. The summed E-state index contributed by atoms with van der Waals surface area (Å²) in [5, 5.41) is 2.48. The van der Waals surface area contributed by atoms with Crippen LogP contribution >= 0.6 is 0 Å². The van der Waals surface area contributed by atoms with Gasteiger partial charge in [-0.05, 0) is 30.0 Å². The SMILES string of the molecule is CC(C)CN(CC(C)C)[C@@H](C(N)=O)C(=O)Nc1ccc(N2CCOCC2=O)cc1F. The molecule has 1 aromatic carbocycles. The van der Waals surface area contributed by atoms with E-state index in [4.69, 9.17) is 10.5 Å². The van der Waals surface area contributed by atoms with E-state index in [0.29, 0.717) is 31.9 Å². The van der Waals surface area contributed by atoms with Crippen LogP contribution in [0.25, 0.3) is 0 Å². The summed E-state index contributed by atoms with van der Waals surface area (Å²) in [5.41, 5.74) is 5.83. The van der Waals surface area contributed by atoms with Crippen molar-refractivity contribution in [2.75, 3.05) is 43.1 Å². The van der Waals surface area contributed by atoms with Gasteiger partial charge in [0.1, 0.15) is 12.4 Å². The third-order valence-electron chi connectivity index (χ3n) is 4.59. The lowest BCUT2D eigenvalue weighted by Crippen LogP contribution is -2.54. The first-order valence-electron chi connectivity index (χ1n) is 10.1. The van der Waals surface area contributed by atoms with E-state index in [0.717, 1.165) is 0 Å². The van der Waals surface area contributed by atoms with Crippen molar-refractivity contribution in [3.63, 3.8) is 0 Å². The highest BCUT2D eigenvalue weighted by Crippen LogP contribution is 2.24. The number of nitrogens with zero attached hydrogens (tertiary/aromatic N) is 2. The van der Waals surface area contributed by atoms with Crippen molar-refractivity contribution in [3.05, 3.63) is 24.0 Å². The topological polar surface area (TPSA) is 105 Å². The molecule has 166 valence electrons. The molecular weight excluding hydrogens is 391 g/mol. The van der Waals surface area contributed by atoms with Crippen molar-refractivity contribution < 1.29 is 23.5 Å². The number of ether oxygens (including phenoxy) is 1. The number of hydrogen-bond acceptors (Lipinski definition) is 5. The van der Waals surface area contributed by atoms with Crippen molar-refractivity contribution in [3.8, 4) is 0 Å². The van der Waals surface area contributed by atoms with E-state index in [2.05, 4.69) is 5.32 Å². The number of halogens is 1. The number of amides is 3. The maximum absolute atomic E-state index is 14.7. The molecule has 9 heteroatoms. The molecule has 1 saturated heterocycles. The smallest absolute Gasteiger partial charge is 0.253 e. The number of primary amides is 1. The molecule has 8 nitrogen and oxygen atoms in total. The fraction of sp³-hybridized carbons (Fsp3) is 0.571. The van der Waals surface area contributed by atoms with E-state index in [1.807, 2.05) is 27.7 Å². The molecule has 1 fully saturated rings. The van der Waals surface area contributed by atoms with Crippen molar-refractivity contribution >= 4 is 29.1 Å². The summed E-state index contributed by atoms with van der Waals surface area (Å²) in [5.74, 6) is -2.02. The largest absolute Gasteiger partial charge is 0.370 e. The summed E-state index contributed by atoms with van der Waals surface area (Å²) in [4.78, 5) is 40.0. The molecule has 30 heavy (non-hydrogen) atoms. The van der Waals surface area contributed by atoms with E-state index >= 15 is 0 Å². The summed E-state index contributed by atoms with van der Waals surface area (Å²) in [7, 11) is 0. The van der Waals surface area contributed by atoms with E-state index in [9.17, 15) is 18.8 Å². The van der Waals surface area contributed by atoms with Gasteiger partial charge in [-0.15, -0.1) is 0 Å². The Labute approximate surface area is 176 Å². The number of carbonyl (C=O) groups is 3. The monoisotopic (exact) mass is 422 g/mol. The molecule has 0 spiro atoms. The number of morpholine rings is 1. The second-order valence-corrected chi connectivity index (χ2v) is 8.30. The minimum absolute atomic E-state index is 0.0536. The number of nitrogens with one attached hydrogen (secondary N) is 1. The van der Waals surface area contributed by atoms with Gasteiger partial charge in [-0.3, -0.25) is 19.3 Å². The van der Waals surface area contributed by atoms with Gasteiger partial charge in [0.15, 0.2) is 6.04 Å². The van der Waals surface area contributed by atoms with Crippen molar-refractivity contribution in [1.29, 1.82) is 0 Å². The fourth-order valence-corrected chi connectivity index (χ4v) is 3.46. The molecule has 1 heterocycles. The number of benzene rings is 1. The molecule has 0 aromatic heterocycles. The molecule has 3 N–H and O–H groups in total. The van der Waals surface area contributed by atoms with Gasteiger partial charge in [-0.25, -0.2) is 4.39 Å². The van der Waals surface area contributed by atoms with Crippen LogP contribution in [0.15, 0.2) is 18.2 Å². The number of nitrogens with two attached hydrogens (primary N) is 1. The first-order chi connectivity index (χ1) is 14.1. The zero-order valence-electron chi connectivity index (χ0n) is 18.0. The lowest BCUT2D eigenvalue weighted by atomic mass is 10.1. The Morgan fingerprint density at radius 2 is 1.87 bits per heavy atom. The summed E-state index contributed by atoms with van der Waals surface area (Å²) < 4.78 is 19.7. The van der Waals surface area contributed by atoms with Gasteiger partial charge in [0.2, 0.25) is 5.91 Å². The van der Waals surface area contributed by atoms with Crippen LogP contribution < -0.4 is 16.0 Å². The van der Waals surface area contributed by atoms with Crippen LogP contribution in [0.3, 0.4) is 0 Å². The van der Waals surface area contributed by atoms with Crippen LogP contribution in [0.4, 0.5) is 15.8 Å². The van der Waals surface area contributed by atoms with Crippen LogP contribution in [-0.2, 0) is 19.1 Å². The Balaban J connectivity index is 2.20. The minimum atomic E-state index is -1.21. The average molecular weight is 423 g/mol. The van der Waals surface area contributed by atoms with E-state index in [-0.39, 0.29) is 30.0 Å². The first-order valence-corrected chi connectivity index (χ1v) is 10.1. The summed E-state index contributed by atoms with van der Waals surface area (Å²) in [6, 6.07) is 2.88. The zero-order valence-corrected chi connectivity index (χ0v) is 18.0. The van der Waals surface area contributed by atoms with Gasteiger partial charge in [0.25, 0.3) is 11.8 Å². The summed E-state index contributed by atoms with van der Waals surface area (Å²) >= 11 is 0. The Kier molecular flexibility index (Phi) is 8.31. The fourth-order valence-electron chi connectivity index (χ4n) is 3.46. The summed E-state index contributed by atoms with van der Waals surface area (Å²) in [6.07, 6.45) is 0. The Hall–Kier alpha value is -2.52. The van der Waals surface area contributed by atoms with Crippen LogP contribution in [0.5, 0.6) is 0 Å². The molecule has 0 bridgehead atoms. The molecule has 2 rings (SSSR count). The highest BCUT2D eigenvalue weighted by Gasteiger charge is 2.32. The Morgan fingerprint density at radius 3 is 2.37 bits per heavy atom. The van der Waals surface area contributed by atoms with E-state index in [1.54, 1.807) is 11.0 Å². The third-order valence-corrected chi connectivity index (χ3v) is 4.59. The number of rotatable bonds is 9. The predicted octanol–water partition coefficient (Wildman–Crippen LogP) is 1.60. The van der Waals surface area contributed by atoms with Crippen molar-refractivity contribution in [2.24, 2.45) is 17.6 Å². The molecule has 0 saturated carbocycles. The molecule has 3 amide bonds. The molecule has 1 atom stereocenters. The maximum atomic E-state index is 14.7. The minimum Gasteiger partial charge on any atom is -0.370 e. The molecule has 0 radical (unpaired) electrons. The normalized spacial score (nSPS) is 15.7. The number of hydrogen-bond donors (Lipinski definition) is 2. The number of carbonyl (C=O) groups excluding carboxylic acids is 3. The standard InChI is InChI=1S/C21H31FN4O4/c1-13(2)10-25(11-14(3)4)19(20(23)28)21(29)24-17-6-5-15(9-16(17)22)26-7-8-30-12-18(26)27/h5-6,9,13-14,19H,7-8,10-12H2,1-4H3,(H2,23,28)(H,24,29)/t19-/m0/s1. The van der Waals surface area contributed by atoms with E-state index in [1.165, 1.54) is 17.0 Å². The molecule has 0 unspecified atom stereocenters. The molecule has 1 aromatic rings. The molecule has 1 aliphatic heterocycles. The van der Waals surface area contributed by atoms with Gasteiger partial charge in [-0.1, -0.05) is 27.7 Å². The van der Waals surface area contributed by atoms with Gasteiger partial charge in [0.05, 0.1) is 12.3 Å². The third kappa shape index (κ3) is 6.24. The summed E-state index contributed by atoms with van der Waals surface area (Å²) in [6.45, 7) is 9.56. The van der Waals surface area contributed by atoms with Gasteiger partial charge < -0.3 is 20.7 Å². The van der Waals surface area contributed by atoms with Gasteiger partial charge in [-0.2, -0.15) is 0 Å². The maximum Gasteiger partial charge on any atom is 0.253 e. The highest BCUT2D eigenvalue weighted by molar-refractivity contribution is 6.09. The van der Waals surface area contributed by atoms with Crippen molar-refractivity contribution in [2.45, 2.75) is 33.7 Å². The molecule has 1 aliphatic rings. The molecular formula is C21H31FN4O4. The number of anilines is 2. The van der Waals surface area contributed by atoms with Crippen LogP contribution in [0.2, 0.25) is 0 Å². The Bertz CT molecular complexity index is 774. The second kappa shape index (κ2) is 10.5. The Morgan fingerprint density at radius 1 is 1.23 bits per heavy atom. The van der Waals surface area contributed by atoms with Crippen LogP contribution in [-0.4, -0.2) is 61.5 Å². The van der Waals surface area contributed by atoms with E-state index < -0.39 is 23.7 Å². The molecule has 0 aliphatic carbocycles. The lowest BCUT2D eigenvalue weighted by molar-refractivity contribution is -0.133. The average Bonchev–Trinajstić information content (AvgIpc) is 2.62. The first kappa shape index (κ1) is 23.8. The quantitative estimate of drug-likeness (QED) is 0.588. The second-order valence-electron chi connectivity index (χ2n) is 8.30. The highest BCUT2D eigenvalue weighted by atomic mass is 19.1. The van der Waals surface area contributed by atoms with Crippen LogP contribution in [0, 0.1) is 17.7 Å². The van der Waals surface area contributed by atoms with Gasteiger partial charge in [0, 0.05) is 25.3 Å².